The summed E-state index contributed by atoms with van der Waals surface area (Å²) in [6, 6.07) is 4.11. The van der Waals surface area contributed by atoms with Gasteiger partial charge in [-0.15, -0.1) is 0 Å². The van der Waals surface area contributed by atoms with Crippen LogP contribution in [0.2, 0.25) is 0 Å². The molecule has 0 fully saturated rings. The van der Waals surface area contributed by atoms with E-state index in [-0.39, 0.29) is 28.9 Å². The van der Waals surface area contributed by atoms with E-state index in [0.717, 1.165) is 0 Å². The Hall–Kier alpha value is -2.19. The zero-order chi connectivity index (χ0) is 16.0. The molecular weight excluding hydrogens is 276 g/mol. The maximum absolute atomic E-state index is 12.3. The standard InChI is InChI=1S/C13H20N4O4/c1-8(2)11(7-21-3)15-13(18)9-5-4-6-10(16-14)12(9)17(19)20/h4-6,8,11,16H,7,14H2,1-3H3,(H,15,18). The van der Waals surface area contributed by atoms with Crippen molar-refractivity contribution in [3.05, 3.63) is 33.9 Å². The first-order valence-electron chi connectivity index (χ1n) is 6.46. The summed E-state index contributed by atoms with van der Waals surface area (Å²) in [7, 11) is 1.53. The molecule has 4 N–H and O–H groups in total. The molecule has 21 heavy (non-hydrogen) atoms. The second-order valence-corrected chi connectivity index (χ2v) is 4.88. The van der Waals surface area contributed by atoms with Crippen molar-refractivity contribution >= 4 is 17.3 Å². The van der Waals surface area contributed by atoms with E-state index >= 15 is 0 Å². The molecule has 0 saturated heterocycles. The second-order valence-electron chi connectivity index (χ2n) is 4.88. The average Bonchev–Trinajstić information content (AvgIpc) is 2.45. The van der Waals surface area contributed by atoms with Crippen LogP contribution in [0.5, 0.6) is 0 Å². The summed E-state index contributed by atoms with van der Waals surface area (Å²) in [6.07, 6.45) is 0. The van der Waals surface area contributed by atoms with Gasteiger partial charge >= 0.3 is 5.69 Å². The molecule has 0 bridgehead atoms. The third-order valence-corrected chi connectivity index (χ3v) is 3.09. The van der Waals surface area contributed by atoms with E-state index in [1.165, 1.54) is 25.3 Å². The Labute approximate surface area is 122 Å². The molecule has 1 rings (SSSR count). The number of hydrogen-bond donors (Lipinski definition) is 3. The van der Waals surface area contributed by atoms with E-state index in [1.807, 2.05) is 13.8 Å². The number of amides is 1. The van der Waals surface area contributed by atoms with Crippen molar-refractivity contribution in [2.75, 3.05) is 19.1 Å². The van der Waals surface area contributed by atoms with Crippen molar-refractivity contribution < 1.29 is 14.5 Å². The molecule has 1 aromatic carbocycles. The number of hydrazine groups is 1. The minimum atomic E-state index is -0.634. The van der Waals surface area contributed by atoms with Gasteiger partial charge in [0.25, 0.3) is 5.91 Å². The van der Waals surface area contributed by atoms with Crippen molar-refractivity contribution in [3.8, 4) is 0 Å². The van der Waals surface area contributed by atoms with Gasteiger partial charge in [-0.1, -0.05) is 19.9 Å². The first-order chi connectivity index (χ1) is 9.92. The van der Waals surface area contributed by atoms with Crippen LogP contribution in [0.3, 0.4) is 0 Å². The molecule has 1 aromatic rings. The van der Waals surface area contributed by atoms with Crippen molar-refractivity contribution in [2.45, 2.75) is 19.9 Å². The van der Waals surface area contributed by atoms with Crippen molar-refractivity contribution in [3.63, 3.8) is 0 Å². The number of nitrogens with two attached hydrogens (primary N) is 1. The number of nitrogens with one attached hydrogen (secondary N) is 2. The summed E-state index contributed by atoms with van der Waals surface area (Å²) < 4.78 is 5.04. The molecule has 116 valence electrons. The molecule has 1 amide bonds. The molecular formula is C13H20N4O4. The number of nitro groups is 1. The normalized spacial score (nSPS) is 12.0. The van der Waals surface area contributed by atoms with Gasteiger partial charge in [-0.2, -0.15) is 0 Å². The summed E-state index contributed by atoms with van der Waals surface area (Å²) in [5.41, 5.74) is 1.92. The van der Waals surface area contributed by atoms with Gasteiger partial charge in [0.05, 0.1) is 17.6 Å². The van der Waals surface area contributed by atoms with Crippen LogP contribution >= 0.6 is 0 Å². The van der Waals surface area contributed by atoms with Crippen molar-refractivity contribution in [1.29, 1.82) is 0 Å². The molecule has 0 aromatic heterocycles. The largest absolute Gasteiger partial charge is 0.383 e. The van der Waals surface area contributed by atoms with Gasteiger partial charge in [0.2, 0.25) is 0 Å². The first-order valence-corrected chi connectivity index (χ1v) is 6.46. The van der Waals surface area contributed by atoms with Crippen LogP contribution in [0.25, 0.3) is 0 Å². The number of carbonyl (C=O) groups excluding carboxylic acids is 1. The molecule has 0 radical (unpaired) electrons. The number of benzene rings is 1. The summed E-state index contributed by atoms with van der Waals surface area (Å²) in [5.74, 6) is 4.84. The Bertz CT molecular complexity index is 519. The number of nitrogens with zero attached hydrogens (tertiary/aromatic N) is 1. The van der Waals surface area contributed by atoms with E-state index < -0.39 is 10.8 Å². The number of carbonyl (C=O) groups is 1. The summed E-state index contributed by atoms with van der Waals surface area (Å²) in [5, 5.41) is 13.9. The van der Waals surface area contributed by atoms with Crippen LogP contribution < -0.4 is 16.6 Å². The molecule has 0 aliphatic rings. The minimum Gasteiger partial charge on any atom is -0.383 e. The fourth-order valence-electron chi connectivity index (χ4n) is 1.87. The van der Waals surface area contributed by atoms with Crippen LogP contribution in [0.15, 0.2) is 18.2 Å². The quantitative estimate of drug-likeness (QED) is 0.396. The molecule has 1 atom stereocenters. The number of hydrogen-bond acceptors (Lipinski definition) is 6. The Kier molecular flexibility index (Phi) is 6.07. The van der Waals surface area contributed by atoms with Gasteiger partial charge in [0, 0.05) is 7.11 Å². The van der Waals surface area contributed by atoms with Gasteiger partial charge < -0.3 is 15.5 Å². The van der Waals surface area contributed by atoms with Gasteiger partial charge in [0.1, 0.15) is 11.3 Å². The van der Waals surface area contributed by atoms with Crippen molar-refractivity contribution in [1.82, 2.24) is 5.32 Å². The van der Waals surface area contributed by atoms with Crippen LogP contribution in [-0.4, -0.2) is 30.6 Å². The number of methoxy groups -OCH3 is 1. The van der Waals surface area contributed by atoms with Crippen LogP contribution in [0.1, 0.15) is 24.2 Å². The Morgan fingerprint density at radius 2 is 2.14 bits per heavy atom. The lowest BCUT2D eigenvalue weighted by atomic mass is 10.0. The van der Waals surface area contributed by atoms with E-state index in [1.54, 1.807) is 0 Å². The lowest BCUT2D eigenvalue weighted by Crippen LogP contribution is -2.41. The molecule has 1 unspecified atom stereocenters. The first kappa shape index (κ1) is 16.9. The summed E-state index contributed by atoms with van der Waals surface area (Å²) >= 11 is 0. The van der Waals surface area contributed by atoms with E-state index in [4.69, 9.17) is 10.6 Å². The van der Waals surface area contributed by atoms with Gasteiger partial charge in [-0.25, -0.2) is 0 Å². The zero-order valence-corrected chi connectivity index (χ0v) is 12.3. The van der Waals surface area contributed by atoms with Gasteiger partial charge in [-0.3, -0.25) is 20.8 Å². The zero-order valence-electron chi connectivity index (χ0n) is 12.3. The van der Waals surface area contributed by atoms with Crippen LogP contribution in [-0.2, 0) is 4.74 Å². The smallest absolute Gasteiger partial charge is 0.306 e. The highest BCUT2D eigenvalue weighted by atomic mass is 16.6. The Morgan fingerprint density at radius 1 is 1.48 bits per heavy atom. The van der Waals surface area contributed by atoms with E-state index in [2.05, 4.69) is 10.7 Å². The Balaban J connectivity index is 3.09. The highest BCUT2D eigenvalue weighted by Gasteiger charge is 2.26. The fraction of sp³-hybridized carbons (Fsp3) is 0.462. The highest BCUT2D eigenvalue weighted by Crippen LogP contribution is 2.27. The molecule has 0 saturated carbocycles. The number of nitrogen functional groups attached to an aromatic ring is 1. The summed E-state index contributed by atoms with van der Waals surface area (Å²) in [4.78, 5) is 22.8. The highest BCUT2D eigenvalue weighted by molar-refractivity contribution is 6.00. The van der Waals surface area contributed by atoms with Crippen molar-refractivity contribution in [2.24, 2.45) is 11.8 Å². The second kappa shape index (κ2) is 7.55. The molecule has 0 spiro atoms. The molecule has 0 aliphatic carbocycles. The minimum absolute atomic E-state index is 0.0443. The monoisotopic (exact) mass is 296 g/mol. The van der Waals surface area contributed by atoms with E-state index in [0.29, 0.717) is 6.61 Å². The number of anilines is 1. The molecule has 0 aliphatic heterocycles. The number of para-hydroxylation sites is 1. The lowest BCUT2D eigenvalue weighted by molar-refractivity contribution is -0.384. The van der Waals surface area contributed by atoms with Crippen LogP contribution in [0.4, 0.5) is 11.4 Å². The van der Waals surface area contributed by atoms with Crippen LogP contribution in [0, 0.1) is 16.0 Å². The maximum atomic E-state index is 12.3. The number of nitro benzene ring substituents is 1. The fourth-order valence-corrected chi connectivity index (χ4v) is 1.87. The predicted molar refractivity (Wildman–Crippen MR) is 78.9 cm³/mol. The predicted octanol–water partition coefficient (Wildman–Crippen LogP) is 1.28. The number of ether oxygens (including phenoxy) is 1. The maximum Gasteiger partial charge on any atom is 0.306 e. The molecule has 0 heterocycles. The van der Waals surface area contributed by atoms with Gasteiger partial charge in [-0.05, 0) is 18.1 Å². The van der Waals surface area contributed by atoms with Gasteiger partial charge in [0.15, 0.2) is 0 Å². The lowest BCUT2D eigenvalue weighted by Gasteiger charge is -2.21. The molecule has 8 nitrogen and oxygen atoms in total. The number of rotatable bonds is 7. The molecule has 8 heteroatoms. The topological polar surface area (TPSA) is 120 Å². The SMILES string of the molecule is COCC(NC(=O)c1cccc(NN)c1[N+](=O)[O-])C(C)C. The van der Waals surface area contributed by atoms with E-state index in [9.17, 15) is 14.9 Å². The Morgan fingerprint density at radius 3 is 2.62 bits per heavy atom. The third-order valence-electron chi connectivity index (χ3n) is 3.09. The third kappa shape index (κ3) is 4.14. The summed E-state index contributed by atoms with van der Waals surface area (Å²) in [6.45, 7) is 4.18. The average molecular weight is 296 g/mol.